The normalized spacial score (nSPS) is 17.5. The third kappa shape index (κ3) is 5.86. The zero-order chi connectivity index (χ0) is 17.4. The summed E-state index contributed by atoms with van der Waals surface area (Å²) in [4.78, 5) is 12.2. The van der Waals surface area contributed by atoms with Gasteiger partial charge in [0.25, 0.3) is 0 Å². The summed E-state index contributed by atoms with van der Waals surface area (Å²) in [5, 5.41) is 15.0. The summed E-state index contributed by atoms with van der Waals surface area (Å²) < 4.78 is 0. The standard InChI is InChI=1S/C19H28N4O/c1-14(13-22-17-9-7-16(12-20)8-10-17)23-19(24)18(21)11-15-5-3-2-4-6-15/h7-10,14-15,18,22H,2-6,11,13,21H2,1H3,(H,23,24)/t14-,18-/m0/s1. The number of hydrogen-bond donors (Lipinski definition) is 3. The first kappa shape index (κ1) is 18.3. The van der Waals surface area contributed by atoms with E-state index in [0.717, 1.165) is 12.1 Å². The number of nitrogens with one attached hydrogen (secondary N) is 2. The van der Waals surface area contributed by atoms with Crippen molar-refractivity contribution in [3.05, 3.63) is 29.8 Å². The maximum atomic E-state index is 12.2. The average molecular weight is 328 g/mol. The zero-order valence-corrected chi connectivity index (χ0v) is 14.4. The maximum Gasteiger partial charge on any atom is 0.237 e. The molecule has 0 spiro atoms. The van der Waals surface area contributed by atoms with Gasteiger partial charge in [-0.2, -0.15) is 5.26 Å². The molecule has 0 saturated heterocycles. The van der Waals surface area contributed by atoms with Crippen LogP contribution in [0.1, 0.15) is 51.0 Å². The molecule has 24 heavy (non-hydrogen) atoms. The van der Waals surface area contributed by atoms with E-state index >= 15 is 0 Å². The van der Waals surface area contributed by atoms with Crippen molar-refractivity contribution >= 4 is 11.6 Å². The average Bonchev–Trinajstić information content (AvgIpc) is 2.61. The number of rotatable bonds is 7. The Bertz CT molecular complexity index is 558. The summed E-state index contributed by atoms with van der Waals surface area (Å²) in [5.41, 5.74) is 7.64. The molecule has 1 aromatic rings. The van der Waals surface area contributed by atoms with E-state index in [4.69, 9.17) is 11.0 Å². The Morgan fingerprint density at radius 2 is 1.96 bits per heavy atom. The maximum absolute atomic E-state index is 12.2. The molecule has 1 amide bonds. The Hall–Kier alpha value is -2.06. The Morgan fingerprint density at radius 1 is 1.29 bits per heavy atom. The number of nitrogens with zero attached hydrogens (tertiary/aromatic N) is 1. The highest BCUT2D eigenvalue weighted by atomic mass is 16.2. The first-order valence-corrected chi connectivity index (χ1v) is 8.88. The van der Waals surface area contributed by atoms with Crippen molar-refractivity contribution in [1.29, 1.82) is 5.26 Å². The van der Waals surface area contributed by atoms with Gasteiger partial charge in [0.15, 0.2) is 0 Å². The molecule has 0 unspecified atom stereocenters. The summed E-state index contributed by atoms with van der Waals surface area (Å²) in [6, 6.07) is 8.94. The molecule has 1 aliphatic carbocycles. The number of carbonyl (C=O) groups excluding carboxylic acids is 1. The molecule has 1 saturated carbocycles. The molecule has 1 aromatic carbocycles. The molecular formula is C19H28N4O. The SMILES string of the molecule is C[C@@H](CNc1ccc(C#N)cc1)NC(=O)[C@@H](N)CC1CCCCC1. The van der Waals surface area contributed by atoms with Gasteiger partial charge >= 0.3 is 0 Å². The van der Waals surface area contributed by atoms with Crippen LogP contribution >= 0.6 is 0 Å². The van der Waals surface area contributed by atoms with Gasteiger partial charge in [-0.15, -0.1) is 0 Å². The van der Waals surface area contributed by atoms with Gasteiger partial charge in [-0.3, -0.25) is 4.79 Å². The van der Waals surface area contributed by atoms with Crippen LogP contribution in [0.25, 0.3) is 0 Å². The fourth-order valence-corrected chi connectivity index (χ4v) is 3.22. The predicted octanol–water partition coefficient (Wildman–Crippen LogP) is 2.77. The predicted molar refractivity (Wildman–Crippen MR) is 96.4 cm³/mol. The van der Waals surface area contributed by atoms with Crippen LogP contribution in [0.15, 0.2) is 24.3 Å². The summed E-state index contributed by atoms with van der Waals surface area (Å²) in [6.07, 6.45) is 7.05. The van der Waals surface area contributed by atoms with Crippen LogP contribution in [0.5, 0.6) is 0 Å². The van der Waals surface area contributed by atoms with Crippen LogP contribution in [0.2, 0.25) is 0 Å². The van der Waals surface area contributed by atoms with E-state index in [1.807, 2.05) is 19.1 Å². The van der Waals surface area contributed by atoms with E-state index in [1.165, 1.54) is 32.1 Å². The smallest absolute Gasteiger partial charge is 0.237 e. The number of nitriles is 1. The number of amides is 1. The quantitative estimate of drug-likeness (QED) is 0.718. The van der Waals surface area contributed by atoms with Crippen molar-refractivity contribution in [2.45, 2.75) is 57.5 Å². The molecule has 0 radical (unpaired) electrons. The molecule has 130 valence electrons. The summed E-state index contributed by atoms with van der Waals surface area (Å²) in [6.45, 7) is 2.58. The fourth-order valence-electron chi connectivity index (χ4n) is 3.22. The van der Waals surface area contributed by atoms with Gasteiger partial charge in [0.2, 0.25) is 5.91 Å². The molecule has 1 fully saturated rings. The highest BCUT2D eigenvalue weighted by Crippen LogP contribution is 2.26. The second-order valence-corrected chi connectivity index (χ2v) is 6.83. The van der Waals surface area contributed by atoms with Crippen molar-refractivity contribution in [2.75, 3.05) is 11.9 Å². The lowest BCUT2D eigenvalue weighted by atomic mass is 9.85. The van der Waals surface area contributed by atoms with Crippen LogP contribution in [-0.2, 0) is 4.79 Å². The molecule has 0 bridgehead atoms. The summed E-state index contributed by atoms with van der Waals surface area (Å²) in [5.74, 6) is 0.543. The van der Waals surface area contributed by atoms with E-state index in [1.54, 1.807) is 12.1 Å². The molecule has 0 aromatic heterocycles. The van der Waals surface area contributed by atoms with Crippen LogP contribution in [-0.4, -0.2) is 24.5 Å². The van der Waals surface area contributed by atoms with Crippen molar-refractivity contribution < 1.29 is 4.79 Å². The van der Waals surface area contributed by atoms with Crippen LogP contribution < -0.4 is 16.4 Å². The van der Waals surface area contributed by atoms with Gasteiger partial charge in [-0.05, 0) is 43.5 Å². The second-order valence-electron chi connectivity index (χ2n) is 6.83. The van der Waals surface area contributed by atoms with Gasteiger partial charge in [-0.1, -0.05) is 32.1 Å². The largest absolute Gasteiger partial charge is 0.383 e. The number of carbonyl (C=O) groups is 1. The van der Waals surface area contributed by atoms with Gasteiger partial charge in [0, 0.05) is 18.3 Å². The molecule has 2 atom stereocenters. The topological polar surface area (TPSA) is 90.9 Å². The highest BCUT2D eigenvalue weighted by Gasteiger charge is 2.22. The Balaban J connectivity index is 1.71. The Kier molecular flexibility index (Phi) is 7.07. The molecule has 0 heterocycles. The van der Waals surface area contributed by atoms with Gasteiger partial charge in [0.05, 0.1) is 17.7 Å². The van der Waals surface area contributed by atoms with Crippen molar-refractivity contribution in [3.63, 3.8) is 0 Å². The lowest BCUT2D eigenvalue weighted by Gasteiger charge is -2.25. The molecule has 2 rings (SSSR count). The van der Waals surface area contributed by atoms with E-state index in [9.17, 15) is 4.79 Å². The monoisotopic (exact) mass is 328 g/mol. The number of nitrogens with two attached hydrogens (primary N) is 1. The molecule has 0 aliphatic heterocycles. The number of anilines is 1. The Morgan fingerprint density at radius 3 is 2.58 bits per heavy atom. The first-order chi connectivity index (χ1) is 11.6. The number of hydrogen-bond acceptors (Lipinski definition) is 4. The molecular weight excluding hydrogens is 300 g/mol. The van der Waals surface area contributed by atoms with E-state index in [-0.39, 0.29) is 11.9 Å². The molecule has 1 aliphatic rings. The van der Waals surface area contributed by atoms with Gasteiger partial charge in [0.1, 0.15) is 0 Å². The lowest BCUT2D eigenvalue weighted by Crippen LogP contribution is -2.47. The molecule has 5 heteroatoms. The fraction of sp³-hybridized carbons (Fsp3) is 0.579. The van der Waals surface area contributed by atoms with Crippen LogP contribution in [0, 0.1) is 17.2 Å². The minimum Gasteiger partial charge on any atom is -0.383 e. The van der Waals surface area contributed by atoms with Gasteiger partial charge in [-0.25, -0.2) is 0 Å². The number of benzene rings is 1. The third-order valence-electron chi connectivity index (χ3n) is 4.66. The Labute approximate surface area is 144 Å². The van der Waals surface area contributed by atoms with E-state index in [2.05, 4.69) is 16.7 Å². The third-order valence-corrected chi connectivity index (χ3v) is 4.66. The molecule has 4 N–H and O–H groups in total. The zero-order valence-electron chi connectivity index (χ0n) is 14.4. The van der Waals surface area contributed by atoms with Crippen molar-refractivity contribution in [3.8, 4) is 6.07 Å². The minimum atomic E-state index is -0.412. The van der Waals surface area contributed by atoms with E-state index in [0.29, 0.717) is 18.0 Å². The van der Waals surface area contributed by atoms with Crippen LogP contribution in [0.4, 0.5) is 5.69 Å². The van der Waals surface area contributed by atoms with E-state index < -0.39 is 6.04 Å². The van der Waals surface area contributed by atoms with Crippen molar-refractivity contribution in [2.24, 2.45) is 11.7 Å². The lowest BCUT2D eigenvalue weighted by molar-refractivity contribution is -0.123. The summed E-state index contributed by atoms with van der Waals surface area (Å²) in [7, 11) is 0. The minimum absolute atomic E-state index is 0.00875. The molecule has 5 nitrogen and oxygen atoms in total. The first-order valence-electron chi connectivity index (χ1n) is 8.88. The summed E-state index contributed by atoms with van der Waals surface area (Å²) >= 11 is 0. The van der Waals surface area contributed by atoms with Crippen molar-refractivity contribution in [1.82, 2.24) is 5.32 Å². The highest BCUT2D eigenvalue weighted by molar-refractivity contribution is 5.81. The van der Waals surface area contributed by atoms with Gasteiger partial charge < -0.3 is 16.4 Å². The van der Waals surface area contributed by atoms with Crippen LogP contribution in [0.3, 0.4) is 0 Å². The second kappa shape index (κ2) is 9.29.